The molecule has 1 atom stereocenters. The van der Waals surface area contributed by atoms with Gasteiger partial charge >= 0.3 is 17.9 Å². The van der Waals surface area contributed by atoms with Crippen molar-refractivity contribution in [3.8, 4) is 0 Å². The van der Waals surface area contributed by atoms with Crippen molar-refractivity contribution in [1.29, 1.82) is 0 Å². The molecule has 0 amide bonds. The molecule has 0 saturated carbocycles. The van der Waals surface area contributed by atoms with Crippen molar-refractivity contribution in [1.82, 2.24) is 0 Å². The van der Waals surface area contributed by atoms with Gasteiger partial charge in [0.2, 0.25) is 0 Å². The number of carbonyl (C=O) groups excluding carboxylic acids is 3. The van der Waals surface area contributed by atoms with E-state index in [1.807, 2.05) is 6.08 Å². The molecule has 440 valence electrons. The summed E-state index contributed by atoms with van der Waals surface area (Å²) in [5, 5.41) is 0. The third-order valence-corrected chi connectivity index (χ3v) is 14.5. The van der Waals surface area contributed by atoms with Gasteiger partial charge in [-0.1, -0.05) is 312 Å². The van der Waals surface area contributed by atoms with Gasteiger partial charge in [0.25, 0.3) is 0 Å². The summed E-state index contributed by atoms with van der Waals surface area (Å²) in [7, 11) is 0. The van der Waals surface area contributed by atoms with Gasteiger partial charge in [0.05, 0.1) is 0 Å². The topological polar surface area (TPSA) is 78.9 Å². The van der Waals surface area contributed by atoms with Crippen LogP contribution in [0, 0.1) is 0 Å². The molecule has 0 saturated heterocycles. The first kappa shape index (κ1) is 72.8. The number of hydrogen-bond acceptors (Lipinski definition) is 6. The average molecular weight is 1060 g/mol. The molecule has 0 aliphatic heterocycles. The van der Waals surface area contributed by atoms with Crippen molar-refractivity contribution in [2.75, 3.05) is 13.2 Å². The fourth-order valence-corrected chi connectivity index (χ4v) is 9.55. The fraction of sp³-hybridized carbons (Fsp3) is 0.786. The molecule has 0 aromatic carbocycles. The summed E-state index contributed by atoms with van der Waals surface area (Å²) in [6.07, 6.45) is 84.0. The van der Waals surface area contributed by atoms with Gasteiger partial charge in [-0.2, -0.15) is 0 Å². The first-order chi connectivity index (χ1) is 37.5. The summed E-state index contributed by atoms with van der Waals surface area (Å²) >= 11 is 0. The Hall–Kier alpha value is -3.15. The van der Waals surface area contributed by atoms with Crippen molar-refractivity contribution in [3.63, 3.8) is 0 Å². The molecule has 0 aliphatic carbocycles. The predicted molar refractivity (Wildman–Crippen MR) is 330 cm³/mol. The lowest BCUT2D eigenvalue weighted by Crippen LogP contribution is -2.30. The van der Waals surface area contributed by atoms with Crippen LogP contribution in [0.4, 0.5) is 0 Å². The molecule has 0 aromatic rings. The van der Waals surface area contributed by atoms with Crippen LogP contribution in [-0.4, -0.2) is 37.2 Å². The molecular weight excluding hydrogens is 937 g/mol. The van der Waals surface area contributed by atoms with E-state index in [9.17, 15) is 14.4 Å². The molecule has 0 rings (SSSR count). The second-order valence-corrected chi connectivity index (χ2v) is 22.0. The minimum Gasteiger partial charge on any atom is -0.462 e. The van der Waals surface area contributed by atoms with Gasteiger partial charge in [0.1, 0.15) is 13.2 Å². The van der Waals surface area contributed by atoms with Gasteiger partial charge in [0.15, 0.2) is 6.10 Å². The SMILES string of the molecule is CC/C=C\C/C=C\C/C=C\C/C=C\CCC(=O)OC(COC(=O)CCCCCCCCCCCC)COC(=O)CCCCCCCCCCCCCCCCCCCCCCCCC/C=C\C/C=C\CCCCCCC. The van der Waals surface area contributed by atoms with Crippen molar-refractivity contribution >= 4 is 17.9 Å². The second-order valence-electron chi connectivity index (χ2n) is 22.0. The molecular formula is C70H124O6. The van der Waals surface area contributed by atoms with Crippen LogP contribution in [0.25, 0.3) is 0 Å². The van der Waals surface area contributed by atoms with Crippen LogP contribution >= 0.6 is 0 Å². The Labute approximate surface area is 472 Å². The zero-order valence-corrected chi connectivity index (χ0v) is 50.5. The highest BCUT2D eigenvalue weighted by Gasteiger charge is 2.19. The lowest BCUT2D eigenvalue weighted by atomic mass is 10.0. The van der Waals surface area contributed by atoms with E-state index in [0.717, 1.165) is 70.6 Å². The molecule has 0 spiro atoms. The largest absolute Gasteiger partial charge is 0.462 e. The zero-order valence-electron chi connectivity index (χ0n) is 50.5. The van der Waals surface area contributed by atoms with Crippen LogP contribution in [0.2, 0.25) is 0 Å². The minimum atomic E-state index is -0.809. The fourth-order valence-electron chi connectivity index (χ4n) is 9.55. The molecule has 76 heavy (non-hydrogen) atoms. The number of unbranched alkanes of at least 4 members (excludes halogenated alkanes) is 37. The Morgan fingerprint density at radius 1 is 0.276 bits per heavy atom. The van der Waals surface area contributed by atoms with Crippen molar-refractivity contribution in [2.24, 2.45) is 0 Å². The van der Waals surface area contributed by atoms with Crippen LogP contribution in [0.3, 0.4) is 0 Å². The normalized spacial score (nSPS) is 12.5. The van der Waals surface area contributed by atoms with E-state index < -0.39 is 6.10 Å². The number of carbonyl (C=O) groups is 3. The lowest BCUT2D eigenvalue weighted by molar-refractivity contribution is -0.166. The van der Waals surface area contributed by atoms with E-state index in [1.54, 1.807) is 0 Å². The Morgan fingerprint density at radius 2 is 0.539 bits per heavy atom. The molecule has 1 unspecified atom stereocenters. The van der Waals surface area contributed by atoms with Crippen LogP contribution < -0.4 is 0 Å². The molecule has 6 nitrogen and oxygen atoms in total. The highest BCUT2D eigenvalue weighted by molar-refractivity contribution is 5.71. The van der Waals surface area contributed by atoms with Crippen LogP contribution in [-0.2, 0) is 28.6 Å². The number of ether oxygens (including phenoxy) is 3. The van der Waals surface area contributed by atoms with Gasteiger partial charge < -0.3 is 14.2 Å². The molecule has 6 heteroatoms. The molecule has 0 radical (unpaired) electrons. The van der Waals surface area contributed by atoms with Gasteiger partial charge in [-0.25, -0.2) is 0 Å². The average Bonchev–Trinajstić information content (AvgIpc) is 3.42. The molecule has 0 fully saturated rings. The number of allylic oxidation sites excluding steroid dienone is 12. The Bertz CT molecular complexity index is 1400. The number of rotatable bonds is 60. The maximum atomic E-state index is 12.8. The quantitative estimate of drug-likeness (QED) is 0.0261. The zero-order chi connectivity index (χ0) is 55.0. The van der Waals surface area contributed by atoms with Crippen LogP contribution in [0.15, 0.2) is 72.9 Å². The third kappa shape index (κ3) is 61.7. The highest BCUT2D eigenvalue weighted by Crippen LogP contribution is 2.17. The lowest BCUT2D eigenvalue weighted by Gasteiger charge is -2.18. The second kappa shape index (κ2) is 64.4. The van der Waals surface area contributed by atoms with E-state index in [4.69, 9.17) is 14.2 Å². The van der Waals surface area contributed by atoms with Crippen LogP contribution in [0.1, 0.15) is 335 Å². The van der Waals surface area contributed by atoms with E-state index in [0.29, 0.717) is 19.3 Å². The van der Waals surface area contributed by atoms with Gasteiger partial charge in [-0.15, -0.1) is 0 Å². The van der Waals surface area contributed by atoms with E-state index >= 15 is 0 Å². The molecule has 0 N–H and O–H groups in total. The summed E-state index contributed by atoms with van der Waals surface area (Å²) in [6.45, 7) is 6.47. The van der Waals surface area contributed by atoms with Gasteiger partial charge in [-0.3, -0.25) is 14.4 Å². The first-order valence-electron chi connectivity index (χ1n) is 32.9. The Morgan fingerprint density at radius 3 is 0.855 bits per heavy atom. The summed E-state index contributed by atoms with van der Waals surface area (Å²) in [4.78, 5) is 38.0. The summed E-state index contributed by atoms with van der Waals surface area (Å²) in [5.41, 5.74) is 0. The van der Waals surface area contributed by atoms with Gasteiger partial charge in [-0.05, 0) is 77.0 Å². The monoisotopic (exact) mass is 1060 g/mol. The smallest absolute Gasteiger partial charge is 0.306 e. The standard InChI is InChI=1S/C70H124O6/c1-4-7-10-13-16-19-22-24-25-26-27-28-29-30-31-32-33-34-35-36-37-38-39-40-41-42-43-44-45-47-48-51-54-57-60-63-69(72)75-66-67(65-74-68(71)62-59-56-53-50-21-18-15-12-9-6-3)76-70(73)64-61-58-55-52-49-46-23-20-17-14-11-8-5-2/h8,11,17,20,22,24,26-27,46,49,55,58,67H,4-7,9-10,12-16,18-19,21,23,25,28-45,47-48,50-54,56-57,59-66H2,1-3H3/b11-8-,20-17-,24-22-,27-26-,49-46-,58-55-. The summed E-state index contributed by atoms with van der Waals surface area (Å²) in [5.74, 6) is -0.971. The first-order valence-corrected chi connectivity index (χ1v) is 32.9. The molecule has 0 bridgehead atoms. The van der Waals surface area contributed by atoms with E-state index in [2.05, 4.69) is 87.6 Å². The van der Waals surface area contributed by atoms with Crippen LogP contribution in [0.5, 0.6) is 0 Å². The number of esters is 3. The predicted octanol–water partition coefficient (Wildman–Crippen LogP) is 22.5. The third-order valence-electron chi connectivity index (χ3n) is 14.5. The van der Waals surface area contributed by atoms with Crippen molar-refractivity contribution in [2.45, 2.75) is 341 Å². The summed E-state index contributed by atoms with van der Waals surface area (Å²) in [6, 6.07) is 0. The maximum absolute atomic E-state index is 12.8. The highest BCUT2D eigenvalue weighted by atomic mass is 16.6. The molecule has 0 aliphatic rings. The molecule has 0 heterocycles. The molecule has 0 aromatic heterocycles. The van der Waals surface area contributed by atoms with Gasteiger partial charge in [0, 0.05) is 19.3 Å². The Kier molecular flexibility index (Phi) is 61.7. The maximum Gasteiger partial charge on any atom is 0.306 e. The van der Waals surface area contributed by atoms with Crippen molar-refractivity contribution < 1.29 is 28.6 Å². The minimum absolute atomic E-state index is 0.0996. The Balaban J connectivity index is 4.01. The van der Waals surface area contributed by atoms with E-state index in [1.165, 1.54) is 218 Å². The number of hydrogen-bond donors (Lipinski definition) is 0. The summed E-state index contributed by atoms with van der Waals surface area (Å²) < 4.78 is 16.8. The van der Waals surface area contributed by atoms with E-state index in [-0.39, 0.29) is 37.5 Å². The van der Waals surface area contributed by atoms with Crippen molar-refractivity contribution in [3.05, 3.63) is 72.9 Å².